The van der Waals surface area contributed by atoms with Crippen LogP contribution in [-0.2, 0) is 27.9 Å². The lowest BCUT2D eigenvalue weighted by Crippen LogP contribution is -2.37. The minimum Gasteiger partial charge on any atom is -0.756 e. The van der Waals surface area contributed by atoms with Crippen LogP contribution in [0, 0.1) is 0 Å². The van der Waals surface area contributed by atoms with Gasteiger partial charge in [0.05, 0.1) is 34.4 Å². The van der Waals surface area contributed by atoms with E-state index in [1.54, 1.807) is 0 Å². The van der Waals surface area contributed by atoms with Gasteiger partial charge in [-0.05, 0) is 57.8 Å². The molecule has 0 aromatic carbocycles. The van der Waals surface area contributed by atoms with Gasteiger partial charge in [-0.25, -0.2) is 0 Å². The summed E-state index contributed by atoms with van der Waals surface area (Å²) in [5.41, 5.74) is 0. The second-order valence-electron chi connectivity index (χ2n) is 16.0. The van der Waals surface area contributed by atoms with E-state index in [-0.39, 0.29) is 25.8 Å². The van der Waals surface area contributed by atoms with Crippen LogP contribution in [0.15, 0.2) is 60.8 Å². The summed E-state index contributed by atoms with van der Waals surface area (Å²) >= 11 is 0. The van der Waals surface area contributed by atoms with Gasteiger partial charge in [0.15, 0.2) is 0 Å². The van der Waals surface area contributed by atoms with E-state index >= 15 is 0 Å². The second-order valence-corrected chi connectivity index (χ2v) is 17.4. The minimum absolute atomic E-state index is 0.0235. The van der Waals surface area contributed by atoms with Crippen LogP contribution < -0.4 is 4.89 Å². The summed E-state index contributed by atoms with van der Waals surface area (Å²) in [6.45, 7) is 5.27. The van der Waals surface area contributed by atoms with Gasteiger partial charge in [-0.3, -0.25) is 9.36 Å². The molecule has 0 amide bonds. The third-order valence-corrected chi connectivity index (χ3v) is 10.3. The molecule has 0 saturated carbocycles. The fraction of sp³-hybridized carbons (Fsp3) is 0.766. The quantitative estimate of drug-likeness (QED) is 0.0200. The summed E-state index contributed by atoms with van der Waals surface area (Å²) in [7, 11) is 1.35. The molecule has 0 bridgehead atoms. The Labute approximate surface area is 345 Å². The van der Waals surface area contributed by atoms with Crippen molar-refractivity contribution in [2.75, 3.05) is 54.1 Å². The maximum absolute atomic E-state index is 12.7. The molecule has 0 spiro atoms. The number of hydrogen-bond acceptors (Lipinski definition) is 7. The standard InChI is InChI=1S/C47H86NO7P/c1-6-8-10-12-14-16-17-18-19-20-21-22-23-24-25-26-27-28-29-30-31-32-34-36-38-40-47(49)55-46(45-54-56(50,51)53-43-41-48(3,4)5)44-52-42-39-37-35-33-15-13-11-9-7-2/h8,10,14,16,18-19,21-22,24-25,46H,6-7,9,11-13,15,17,20,23,26-45H2,1-5H3/b10-8-,16-14-,19-18-,22-21-,25-24-. The van der Waals surface area contributed by atoms with Crippen LogP contribution in [0.25, 0.3) is 0 Å². The molecule has 0 aliphatic rings. The predicted molar refractivity (Wildman–Crippen MR) is 236 cm³/mol. The summed E-state index contributed by atoms with van der Waals surface area (Å²) in [6, 6.07) is 0. The van der Waals surface area contributed by atoms with Crippen molar-refractivity contribution in [3.8, 4) is 0 Å². The predicted octanol–water partition coefficient (Wildman–Crippen LogP) is 12.7. The molecular weight excluding hydrogens is 721 g/mol. The van der Waals surface area contributed by atoms with Gasteiger partial charge in [0, 0.05) is 13.0 Å². The highest BCUT2D eigenvalue weighted by Gasteiger charge is 2.20. The molecule has 0 fully saturated rings. The molecule has 9 heteroatoms. The Bertz CT molecular complexity index is 1080. The lowest BCUT2D eigenvalue weighted by molar-refractivity contribution is -0.870. The van der Waals surface area contributed by atoms with E-state index < -0.39 is 13.9 Å². The highest BCUT2D eigenvalue weighted by atomic mass is 31.2. The van der Waals surface area contributed by atoms with Crippen LogP contribution in [0.5, 0.6) is 0 Å². The molecule has 0 aliphatic heterocycles. The first kappa shape index (κ1) is 54.2. The average Bonchev–Trinajstić information content (AvgIpc) is 3.15. The first-order valence-corrected chi connectivity index (χ1v) is 24.0. The molecule has 8 nitrogen and oxygen atoms in total. The van der Waals surface area contributed by atoms with Crippen LogP contribution in [0.2, 0.25) is 0 Å². The number of carbonyl (C=O) groups is 1. The largest absolute Gasteiger partial charge is 0.756 e. The van der Waals surface area contributed by atoms with Crippen LogP contribution in [0.4, 0.5) is 0 Å². The van der Waals surface area contributed by atoms with Crippen molar-refractivity contribution in [2.24, 2.45) is 0 Å². The minimum atomic E-state index is -4.52. The van der Waals surface area contributed by atoms with E-state index in [1.807, 2.05) is 21.1 Å². The number of phosphoric ester groups is 1. The molecule has 0 N–H and O–H groups in total. The van der Waals surface area contributed by atoms with Gasteiger partial charge in [0.25, 0.3) is 7.82 Å². The average molecular weight is 808 g/mol. The Kier molecular flexibility index (Phi) is 38.7. The Morgan fingerprint density at radius 2 is 1.04 bits per heavy atom. The summed E-state index contributed by atoms with van der Waals surface area (Å²) in [4.78, 5) is 25.0. The normalized spacial score (nSPS) is 14.3. The van der Waals surface area contributed by atoms with Gasteiger partial charge < -0.3 is 27.9 Å². The van der Waals surface area contributed by atoms with Gasteiger partial charge in [-0.1, -0.05) is 171 Å². The number of carbonyl (C=O) groups excluding carboxylic acids is 1. The number of likely N-dealkylation sites (N-methyl/N-ethyl adjacent to an activating group) is 1. The van der Waals surface area contributed by atoms with Crippen molar-refractivity contribution < 1.29 is 37.3 Å². The van der Waals surface area contributed by atoms with Gasteiger partial charge >= 0.3 is 5.97 Å². The number of esters is 1. The van der Waals surface area contributed by atoms with Crippen molar-refractivity contribution in [1.29, 1.82) is 0 Å². The zero-order valence-electron chi connectivity index (χ0n) is 36.8. The summed E-state index contributed by atoms with van der Waals surface area (Å²) in [5, 5.41) is 0. The van der Waals surface area contributed by atoms with Crippen molar-refractivity contribution >= 4 is 13.8 Å². The molecule has 56 heavy (non-hydrogen) atoms. The highest BCUT2D eigenvalue weighted by molar-refractivity contribution is 7.45. The van der Waals surface area contributed by atoms with E-state index in [4.69, 9.17) is 18.5 Å². The lowest BCUT2D eigenvalue weighted by atomic mass is 10.1. The Morgan fingerprint density at radius 1 is 0.571 bits per heavy atom. The summed E-state index contributed by atoms with van der Waals surface area (Å²) in [6.07, 6.45) is 49.5. The summed E-state index contributed by atoms with van der Waals surface area (Å²) < 4.78 is 34.5. The van der Waals surface area contributed by atoms with Crippen LogP contribution >= 0.6 is 7.82 Å². The molecule has 0 radical (unpaired) electrons. The molecular formula is C47H86NO7P. The van der Waals surface area contributed by atoms with Gasteiger partial charge in [0.1, 0.15) is 19.3 Å². The molecule has 0 aliphatic carbocycles. The zero-order valence-corrected chi connectivity index (χ0v) is 37.7. The van der Waals surface area contributed by atoms with E-state index in [0.29, 0.717) is 24.1 Å². The van der Waals surface area contributed by atoms with Crippen LogP contribution in [0.3, 0.4) is 0 Å². The molecule has 0 saturated heterocycles. The Balaban J connectivity index is 4.11. The van der Waals surface area contributed by atoms with E-state index in [9.17, 15) is 14.3 Å². The van der Waals surface area contributed by atoms with E-state index in [2.05, 4.69) is 74.6 Å². The van der Waals surface area contributed by atoms with Gasteiger partial charge in [0.2, 0.25) is 0 Å². The maximum Gasteiger partial charge on any atom is 0.306 e. The van der Waals surface area contributed by atoms with E-state index in [0.717, 1.165) is 70.6 Å². The monoisotopic (exact) mass is 808 g/mol. The Morgan fingerprint density at radius 3 is 1.55 bits per heavy atom. The number of phosphoric acid groups is 1. The number of rotatable bonds is 41. The SMILES string of the molecule is CC/C=C\C/C=C\C/C=C\C/C=C\C/C=C\CCCCCCCCCCCC(=O)OC(COCCCCCCCCCCC)COP(=O)([O-])OCC[N+](C)(C)C. The molecule has 0 rings (SSSR count). The molecule has 2 unspecified atom stereocenters. The summed E-state index contributed by atoms with van der Waals surface area (Å²) in [5.74, 6) is -0.343. The highest BCUT2D eigenvalue weighted by Crippen LogP contribution is 2.38. The first-order chi connectivity index (χ1) is 27.1. The molecule has 2 atom stereocenters. The number of ether oxygens (including phenoxy) is 2. The van der Waals surface area contributed by atoms with Crippen molar-refractivity contribution in [3.05, 3.63) is 60.8 Å². The number of allylic oxidation sites excluding steroid dienone is 10. The number of nitrogens with zero attached hydrogens (tertiary/aromatic N) is 1. The molecule has 326 valence electrons. The number of hydrogen-bond donors (Lipinski definition) is 0. The van der Waals surface area contributed by atoms with Crippen molar-refractivity contribution in [2.45, 2.75) is 180 Å². The maximum atomic E-state index is 12.7. The van der Waals surface area contributed by atoms with E-state index in [1.165, 1.54) is 83.5 Å². The van der Waals surface area contributed by atoms with Gasteiger partial charge in [-0.2, -0.15) is 0 Å². The third kappa shape index (κ3) is 43.3. The molecule has 0 heterocycles. The lowest BCUT2D eigenvalue weighted by Gasteiger charge is -2.28. The molecule has 0 aromatic heterocycles. The number of quaternary nitrogens is 1. The van der Waals surface area contributed by atoms with Crippen LogP contribution in [0.1, 0.15) is 174 Å². The fourth-order valence-electron chi connectivity index (χ4n) is 5.87. The first-order valence-electron chi connectivity index (χ1n) is 22.5. The smallest absolute Gasteiger partial charge is 0.306 e. The van der Waals surface area contributed by atoms with Crippen molar-refractivity contribution in [1.82, 2.24) is 0 Å². The van der Waals surface area contributed by atoms with Gasteiger partial charge in [-0.15, -0.1) is 0 Å². The zero-order chi connectivity index (χ0) is 41.3. The fourth-order valence-corrected chi connectivity index (χ4v) is 6.59. The van der Waals surface area contributed by atoms with Crippen molar-refractivity contribution in [3.63, 3.8) is 0 Å². The number of unbranched alkanes of at least 4 members (excludes halogenated alkanes) is 17. The molecule has 0 aromatic rings. The second kappa shape index (κ2) is 40.0. The Hall–Kier alpha value is -1.80. The third-order valence-electron chi connectivity index (χ3n) is 9.33. The van der Waals surface area contributed by atoms with Crippen LogP contribution in [-0.4, -0.2) is 70.7 Å². The topological polar surface area (TPSA) is 94.1 Å².